The van der Waals surface area contributed by atoms with Gasteiger partial charge < -0.3 is 5.73 Å². The average Bonchev–Trinajstić information content (AvgIpc) is 2.95. The van der Waals surface area contributed by atoms with Crippen LogP contribution in [0, 0.1) is 13.8 Å². The Hall–Kier alpha value is -2.01. The summed E-state index contributed by atoms with van der Waals surface area (Å²) in [5.41, 5.74) is 13.2. The molecule has 0 fully saturated rings. The molecule has 1 aliphatic carbocycles. The molecule has 5 heteroatoms. The Bertz CT molecular complexity index is 882. The van der Waals surface area contributed by atoms with Gasteiger partial charge in [0.15, 0.2) is 5.01 Å². The second-order valence-corrected chi connectivity index (χ2v) is 6.98. The van der Waals surface area contributed by atoms with Gasteiger partial charge in [0.1, 0.15) is 0 Å². The maximum Gasteiger partial charge on any atom is 0.203 e. The number of hydrogen-bond donors (Lipinski definition) is 1. The Morgan fingerprint density at radius 2 is 1.91 bits per heavy atom. The fourth-order valence-corrected chi connectivity index (χ4v) is 4.00. The van der Waals surface area contributed by atoms with Gasteiger partial charge in [0, 0.05) is 16.6 Å². The van der Waals surface area contributed by atoms with Crippen molar-refractivity contribution in [2.75, 3.05) is 5.73 Å². The minimum absolute atomic E-state index is 0.522. The first kappa shape index (κ1) is 13.6. The molecule has 3 aromatic rings. The van der Waals surface area contributed by atoms with E-state index < -0.39 is 0 Å². The average molecular weight is 310 g/mol. The van der Waals surface area contributed by atoms with Crippen molar-refractivity contribution in [3.63, 3.8) is 0 Å². The van der Waals surface area contributed by atoms with Crippen LogP contribution in [-0.2, 0) is 12.8 Å². The van der Waals surface area contributed by atoms with Crippen molar-refractivity contribution in [3.8, 4) is 10.6 Å². The van der Waals surface area contributed by atoms with Gasteiger partial charge >= 0.3 is 0 Å². The summed E-state index contributed by atoms with van der Waals surface area (Å²) in [4.78, 5) is 4.99. The van der Waals surface area contributed by atoms with Crippen LogP contribution in [0.2, 0.25) is 0 Å². The molecule has 22 heavy (non-hydrogen) atoms. The lowest BCUT2D eigenvalue weighted by Gasteiger charge is -2.20. The van der Waals surface area contributed by atoms with Gasteiger partial charge in [-0.05, 0) is 56.2 Å². The second-order valence-electron chi connectivity index (χ2n) is 5.97. The van der Waals surface area contributed by atoms with Crippen LogP contribution in [0.15, 0.2) is 12.1 Å². The van der Waals surface area contributed by atoms with E-state index in [1.807, 2.05) is 0 Å². The first-order chi connectivity index (χ1) is 10.6. The summed E-state index contributed by atoms with van der Waals surface area (Å²) in [6, 6.07) is 4.34. The molecule has 2 N–H and O–H groups in total. The van der Waals surface area contributed by atoms with Gasteiger partial charge in [-0.3, -0.25) is 4.98 Å². The van der Waals surface area contributed by atoms with Gasteiger partial charge in [0.2, 0.25) is 5.13 Å². The molecule has 0 bridgehead atoms. The minimum atomic E-state index is 0.522. The van der Waals surface area contributed by atoms with Gasteiger partial charge in [-0.15, -0.1) is 10.2 Å². The standard InChI is InChI=1S/C17H18N4S/c1-9-7-8-12-14(16-20-21-17(18)22-16)11-5-3-4-6-13(11)19-15(12)10(9)2/h7-8H,3-6H2,1-2H3,(H2,18,21). The van der Waals surface area contributed by atoms with Crippen LogP contribution in [0.1, 0.15) is 35.2 Å². The first-order valence-electron chi connectivity index (χ1n) is 7.66. The zero-order valence-electron chi connectivity index (χ0n) is 12.8. The maximum absolute atomic E-state index is 5.82. The van der Waals surface area contributed by atoms with Crippen molar-refractivity contribution in [1.29, 1.82) is 0 Å². The molecule has 0 aliphatic heterocycles. The summed E-state index contributed by atoms with van der Waals surface area (Å²) in [5, 5.41) is 11.0. The van der Waals surface area contributed by atoms with Crippen molar-refractivity contribution in [2.24, 2.45) is 0 Å². The van der Waals surface area contributed by atoms with Crippen LogP contribution in [0.4, 0.5) is 5.13 Å². The summed E-state index contributed by atoms with van der Waals surface area (Å²) in [6.45, 7) is 4.29. The quantitative estimate of drug-likeness (QED) is 0.742. The third kappa shape index (κ3) is 2.00. The van der Waals surface area contributed by atoms with E-state index in [1.54, 1.807) is 0 Å². The van der Waals surface area contributed by atoms with E-state index in [2.05, 4.69) is 36.2 Å². The fourth-order valence-electron chi connectivity index (χ4n) is 3.31. The van der Waals surface area contributed by atoms with Crippen molar-refractivity contribution in [3.05, 3.63) is 34.5 Å². The summed E-state index contributed by atoms with van der Waals surface area (Å²) < 4.78 is 0. The monoisotopic (exact) mass is 310 g/mol. The molecule has 4 nitrogen and oxygen atoms in total. The summed E-state index contributed by atoms with van der Waals surface area (Å²) in [5.74, 6) is 0. The summed E-state index contributed by atoms with van der Waals surface area (Å²) in [7, 11) is 0. The lowest BCUT2D eigenvalue weighted by atomic mass is 9.89. The molecule has 0 radical (unpaired) electrons. The number of aryl methyl sites for hydroxylation is 3. The number of nitrogen functional groups attached to an aromatic ring is 1. The molecule has 0 saturated heterocycles. The van der Waals surface area contributed by atoms with E-state index in [9.17, 15) is 0 Å². The van der Waals surface area contributed by atoms with Gasteiger partial charge in [0.05, 0.1) is 5.52 Å². The molecule has 0 saturated carbocycles. The number of benzene rings is 1. The molecule has 0 unspecified atom stereocenters. The Kier molecular flexibility index (Phi) is 3.11. The normalized spacial score (nSPS) is 14.3. The SMILES string of the molecule is Cc1ccc2c(-c3nnc(N)s3)c3c(nc2c1C)CCCC3. The van der Waals surface area contributed by atoms with Crippen molar-refractivity contribution >= 4 is 27.4 Å². The van der Waals surface area contributed by atoms with Gasteiger partial charge in [-0.25, -0.2) is 0 Å². The highest BCUT2D eigenvalue weighted by atomic mass is 32.1. The number of rotatable bonds is 1. The predicted octanol–water partition coefficient (Wildman–Crippen LogP) is 3.83. The third-order valence-corrected chi connectivity index (χ3v) is 5.38. The predicted molar refractivity (Wildman–Crippen MR) is 91.2 cm³/mol. The molecule has 0 amide bonds. The number of nitrogens with zero attached hydrogens (tertiary/aromatic N) is 3. The Labute approximate surface area is 133 Å². The molecular formula is C17H18N4S. The summed E-state index contributed by atoms with van der Waals surface area (Å²) in [6.07, 6.45) is 4.56. The number of fused-ring (bicyclic) bond motifs is 2. The minimum Gasteiger partial charge on any atom is -0.374 e. The number of anilines is 1. The van der Waals surface area contributed by atoms with Crippen LogP contribution < -0.4 is 5.73 Å². The number of hydrogen-bond acceptors (Lipinski definition) is 5. The third-order valence-electron chi connectivity index (χ3n) is 4.61. The van der Waals surface area contributed by atoms with Crippen LogP contribution in [0.3, 0.4) is 0 Å². The Balaban J connectivity index is 2.13. The fraction of sp³-hybridized carbons (Fsp3) is 0.353. The maximum atomic E-state index is 5.82. The highest BCUT2D eigenvalue weighted by molar-refractivity contribution is 7.18. The van der Waals surface area contributed by atoms with E-state index in [4.69, 9.17) is 10.7 Å². The second kappa shape index (κ2) is 5.02. The van der Waals surface area contributed by atoms with E-state index in [0.29, 0.717) is 5.13 Å². The van der Waals surface area contributed by atoms with E-state index in [0.717, 1.165) is 23.4 Å². The van der Waals surface area contributed by atoms with Crippen LogP contribution in [0.5, 0.6) is 0 Å². The molecule has 0 spiro atoms. The van der Waals surface area contributed by atoms with Crippen LogP contribution in [0.25, 0.3) is 21.5 Å². The molecule has 1 aliphatic rings. The van der Waals surface area contributed by atoms with E-state index in [-0.39, 0.29) is 0 Å². The number of nitrogens with two attached hydrogens (primary N) is 1. The molecule has 1 aromatic carbocycles. The van der Waals surface area contributed by atoms with Crippen LogP contribution >= 0.6 is 11.3 Å². The largest absolute Gasteiger partial charge is 0.374 e. The zero-order chi connectivity index (χ0) is 15.3. The first-order valence-corrected chi connectivity index (χ1v) is 8.48. The molecule has 0 atom stereocenters. The van der Waals surface area contributed by atoms with Gasteiger partial charge in [0.25, 0.3) is 0 Å². The smallest absolute Gasteiger partial charge is 0.203 e. The van der Waals surface area contributed by atoms with Gasteiger partial charge in [-0.2, -0.15) is 0 Å². The molecule has 2 aromatic heterocycles. The highest BCUT2D eigenvalue weighted by Gasteiger charge is 2.22. The van der Waals surface area contributed by atoms with Crippen molar-refractivity contribution in [2.45, 2.75) is 39.5 Å². The number of pyridine rings is 1. The molecule has 4 rings (SSSR count). The lowest BCUT2D eigenvalue weighted by Crippen LogP contribution is -2.08. The van der Waals surface area contributed by atoms with Crippen molar-refractivity contribution < 1.29 is 0 Å². The van der Waals surface area contributed by atoms with Crippen molar-refractivity contribution in [1.82, 2.24) is 15.2 Å². The van der Waals surface area contributed by atoms with Crippen LogP contribution in [-0.4, -0.2) is 15.2 Å². The molecule has 112 valence electrons. The molecular weight excluding hydrogens is 292 g/mol. The number of aromatic nitrogens is 3. The Morgan fingerprint density at radius 1 is 1.09 bits per heavy atom. The zero-order valence-corrected chi connectivity index (χ0v) is 13.6. The summed E-state index contributed by atoms with van der Waals surface area (Å²) >= 11 is 1.47. The van der Waals surface area contributed by atoms with Gasteiger partial charge in [-0.1, -0.05) is 23.5 Å². The lowest BCUT2D eigenvalue weighted by molar-refractivity contribution is 0.672. The molecule has 2 heterocycles. The topological polar surface area (TPSA) is 64.7 Å². The van der Waals surface area contributed by atoms with E-state index in [1.165, 1.54) is 57.5 Å². The highest BCUT2D eigenvalue weighted by Crippen LogP contribution is 2.39. The Morgan fingerprint density at radius 3 is 2.68 bits per heavy atom. The van der Waals surface area contributed by atoms with E-state index >= 15 is 0 Å².